The van der Waals surface area contributed by atoms with Gasteiger partial charge in [0, 0.05) is 25.9 Å². The van der Waals surface area contributed by atoms with Crippen LogP contribution >= 0.6 is 0 Å². The van der Waals surface area contributed by atoms with Crippen LogP contribution in [0.25, 0.3) is 0 Å². The first-order valence-electron chi connectivity index (χ1n) is 3.94. The van der Waals surface area contributed by atoms with Crippen molar-refractivity contribution < 1.29 is 13.2 Å². The minimum absolute atomic E-state index is 0.188. The molecule has 0 aromatic heterocycles. The predicted octanol–water partition coefficient (Wildman–Crippen LogP) is 2.47. The van der Waals surface area contributed by atoms with Crippen LogP contribution in [0.4, 0.5) is 13.2 Å². The molecular weight excluding hydrogens is 181 g/mol. The van der Waals surface area contributed by atoms with Crippen molar-refractivity contribution in [3.05, 3.63) is 0 Å². The molecule has 13 heavy (non-hydrogen) atoms. The summed E-state index contributed by atoms with van der Waals surface area (Å²) in [6.07, 6.45) is -3.39. The van der Waals surface area contributed by atoms with E-state index in [4.69, 9.17) is 5.26 Å². The molecular formula is C8H15F3N2. The molecule has 0 bridgehead atoms. The molecule has 0 saturated carbocycles. The van der Waals surface area contributed by atoms with Crippen LogP contribution in [0.5, 0.6) is 0 Å². The molecule has 1 N–H and O–H groups in total. The monoisotopic (exact) mass is 196 g/mol. The van der Waals surface area contributed by atoms with E-state index < -0.39 is 6.18 Å². The molecule has 0 spiro atoms. The summed E-state index contributed by atoms with van der Waals surface area (Å²) in [4.78, 5) is 0. The Morgan fingerprint density at radius 1 is 1.38 bits per heavy atom. The van der Waals surface area contributed by atoms with Gasteiger partial charge < -0.3 is 5.32 Å². The minimum Gasteiger partial charge on any atom is -0.314 e. The molecule has 0 radical (unpaired) electrons. The number of nitrogens with zero attached hydrogens (tertiary/aromatic N) is 1. The van der Waals surface area contributed by atoms with E-state index in [0.717, 1.165) is 6.54 Å². The minimum atomic E-state index is -4.00. The lowest BCUT2D eigenvalue weighted by molar-refractivity contribution is -0.110. The summed E-state index contributed by atoms with van der Waals surface area (Å²) in [6.45, 7) is 5.13. The summed E-state index contributed by atoms with van der Waals surface area (Å²) < 4.78 is 31.1. The summed E-state index contributed by atoms with van der Waals surface area (Å²) in [5, 5.41) is 11.2. The molecule has 0 aliphatic carbocycles. The molecule has 0 heterocycles. The lowest BCUT2D eigenvalue weighted by Crippen LogP contribution is -2.23. The summed E-state index contributed by atoms with van der Waals surface area (Å²) in [7, 11) is 0. The maximum Gasteiger partial charge on any atom is 0.386 e. The van der Waals surface area contributed by atoms with Crippen LogP contribution in [-0.2, 0) is 0 Å². The van der Waals surface area contributed by atoms with Gasteiger partial charge in [-0.2, -0.15) is 18.4 Å². The molecule has 0 fully saturated rings. The Hall–Kier alpha value is -0.760. The highest BCUT2D eigenvalue weighted by molar-refractivity contribution is 4.70. The Labute approximate surface area is 76.7 Å². The lowest BCUT2D eigenvalue weighted by Gasteiger charge is -2.02. The fourth-order valence-electron chi connectivity index (χ4n) is 0.417. The SMILES string of the molecule is CC(C)NCCC#N.CC(F)(F)F. The van der Waals surface area contributed by atoms with E-state index in [9.17, 15) is 13.2 Å². The fraction of sp³-hybridized carbons (Fsp3) is 0.875. The van der Waals surface area contributed by atoms with Crippen molar-refractivity contribution in [3.63, 3.8) is 0 Å². The molecule has 0 aliphatic rings. The Morgan fingerprint density at radius 3 is 2.00 bits per heavy atom. The van der Waals surface area contributed by atoms with Crippen molar-refractivity contribution in [3.8, 4) is 6.07 Å². The highest BCUT2D eigenvalue weighted by Crippen LogP contribution is 2.10. The smallest absolute Gasteiger partial charge is 0.314 e. The van der Waals surface area contributed by atoms with Crippen LogP contribution in [0.2, 0.25) is 0 Å². The first-order chi connectivity index (χ1) is 5.77. The second kappa shape index (κ2) is 7.87. The molecule has 0 atom stereocenters. The molecule has 78 valence electrons. The molecule has 0 unspecified atom stereocenters. The number of nitrogens with one attached hydrogen (secondary N) is 1. The summed E-state index contributed by atoms with van der Waals surface area (Å²) in [6, 6.07) is 2.56. The number of hydrogen-bond donors (Lipinski definition) is 1. The first kappa shape index (κ1) is 14.7. The van der Waals surface area contributed by atoms with E-state index in [-0.39, 0.29) is 6.92 Å². The topological polar surface area (TPSA) is 35.8 Å². The third kappa shape index (κ3) is 53.4. The number of nitriles is 1. The van der Waals surface area contributed by atoms with E-state index in [2.05, 4.69) is 25.2 Å². The van der Waals surface area contributed by atoms with Gasteiger partial charge in [-0.3, -0.25) is 0 Å². The number of hydrogen-bond acceptors (Lipinski definition) is 2. The average molecular weight is 196 g/mol. The molecule has 0 aromatic carbocycles. The van der Waals surface area contributed by atoms with E-state index in [1.165, 1.54) is 0 Å². The van der Waals surface area contributed by atoms with E-state index in [1.54, 1.807) is 0 Å². The molecule has 0 rings (SSSR count). The van der Waals surface area contributed by atoms with Gasteiger partial charge in [0.05, 0.1) is 6.07 Å². The van der Waals surface area contributed by atoms with Crippen molar-refractivity contribution in [1.29, 1.82) is 5.26 Å². The van der Waals surface area contributed by atoms with Gasteiger partial charge >= 0.3 is 6.18 Å². The summed E-state index contributed by atoms with van der Waals surface area (Å²) in [5.74, 6) is 0. The van der Waals surface area contributed by atoms with Gasteiger partial charge in [-0.25, -0.2) is 0 Å². The van der Waals surface area contributed by atoms with Crippen molar-refractivity contribution in [2.75, 3.05) is 6.54 Å². The largest absolute Gasteiger partial charge is 0.386 e. The van der Waals surface area contributed by atoms with Crippen molar-refractivity contribution >= 4 is 0 Å². The normalized spacial score (nSPS) is 10.3. The lowest BCUT2D eigenvalue weighted by atomic mass is 10.4. The average Bonchev–Trinajstić information content (AvgIpc) is 1.83. The molecule has 5 heteroatoms. The molecule has 0 aliphatic heterocycles. The van der Waals surface area contributed by atoms with Crippen LogP contribution < -0.4 is 5.32 Å². The van der Waals surface area contributed by atoms with Crippen LogP contribution in [0, 0.1) is 11.3 Å². The number of rotatable bonds is 3. The third-order valence-electron chi connectivity index (χ3n) is 0.789. The summed E-state index contributed by atoms with van der Waals surface area (Å²) in [5.41, 5.74) is 0. The zero-order chi connectivity index (χ0) is 10.9. The predicted molar refractivity (Wildman–Crippen MR) is 45.1 cm³/mol. The highest BCUT2D eigenvalue weighted by atomic mass is 19.4. The molecule has 0 saturated heterocycles. The van der Waals surface area contributed by atoms with E-state index in [0.29, 0.717) is 12.5 Å². The van der Waals surface area contributed by atoms with Gasteiger partial charge in [-0.1, -0.05) is 13.8 Å². The van der Waals surface area contributed by atoms with Crippen molar-refractivity contribution in [1.82, 2.24) is 5.32 Å². The van der Waals surface area contributed by atoms with Crippen molar-refractivity contribution in [2.24, 2.45) is 0 Å². The van der Waals surface area contributed by atoms with E-state index >= 15 is 0 Å². The highest BCUT2D eigenvalue weighted by Gasteiger charge is 2.15. The van der Waals surface area contributed by atoms with Gasteiger partial charge in [-0.05, 0) is 0 Å². The Balaban J connectivity index is 0. The van der Waals surface area contributed by atoms with Crippen LogP contribution in [0.15, 0.2) is 0 Å². The number of halogens is 3. The maximum absolute atomic E-state index is 10.4. The molecule has 0 aromatic rings. The van der Waals surface area contributed by atoms with Gasteiger partial charge in [0.2, 0.25) is 0 Å². The van der Waals surface area contributed by atoms with Gasteiger partial charge in [0.15, 0.2) is 0 Å². The third-order valence-corrected chi connectivity index (χ3v) is 0.789. The standard InChI is InChI=1S/C6H12N2.C2H3F3/c1-6(2)8-5-3-4-7;1-2(3,4)5/h6,8H,3,5H2,1-2H3;1H3. The van der Waals surface area contributed by atoms with Gasteiger partial charge in [-0.15, -0.1) is 0 Å². The zero-order valence-corrected chi connectivity index (χ0v) is 8.07. The maximum atomic E-state index is 10.4. The van der Waals surface area contributed by atoms with E-state index in [1.807, 2.05) is 0 Å². The van der Waals surface area contributed by atoms with Crippen LogP contribution in [0.1, 0.15) is 27.2 Å². The quantitative estimate of drug-likeness (QED) is 0.704. The van der Waals surface area contributed by atoms with Crippen LogP contribution in [0.3, 0.4) is 0 Å². The summed E-state index contributed by atoms with van der Waals surface area (Å²) >= 11 is 0. The second-order valence-electron chi connectivity index (χ2n) is 2.80. The molecule has 0 amide bonds. The van der Waals surface area contributed by atoms with Crippen molar-refractivity contribution in [2.45, 2.75) is 39.4 Å². The zero-order valence-electron chi connectivity index (χ0n) is 8.07. The fourth-order valence-corrected chi connectivity index (χ4v) is 0.417. The Morgan fingerprint density at radius 2 is 1.77 bits per heavy atom. The van der Waals surface area contributed by atoms with Gasteiger partial charge in [0.25, 0.3) is 0 Å². The Bertz CT molecular complexity index is 140. The van der Waals surface area contributed by atoms with Gasteiger partial charge in [0.1, 0.15) is 0 Å². The first-order valence-corrected chi connectivity index (χ1v) is 3.94. The number of alkyl halides is 3. The second-order valence-corrected chi connectivity index (χ2v) is 2.80. The van der Waals surface area contributed by atoms with Crippen LogP contribution in [-0.4, -0.2) is 18.8 Å². The molecule has 2 nitrogen and oxygen atoms in total. The Kier molecular flexibility index (Phi) is 8.92.